The van der Waals surface area contributed by atoms with Crippen molar-refractivity contribution >= 4 is 52.8 Å². The van der Waals surface area contributed by atoms with Crippen LogP contribution in [0.15, 0.2) is 18.2 Å². The molecule has 114 valence electrons. The maximum absolute atomic E-state index is 11.8. The summed E-state index contributed by atoms with van der Waals surface area (Å²) in [4.78, 5) is 22.8. The molecule has 1 saturated heterocycles. The van der Waals surface area contributed by atoms with E-state index >= 15 is 0 Å². The van der Waals surface area contributed by atoms with Gasteiger partial charge in [0.2, 0.25) is 0 Å². The van der Waals surface area contributed by atoms with Gasteiger partial charge in [-0.05, 0) is 18.2 Å². The number of halogens is 1. The summed E-state index contributed by atoms with van der Waals surface area (Å²) in [5.41, 5.74) is 0.403. The van der Waals surface area contributed by atoms with Crippen LogP contribution in [0, 0.1) is 0 Å². The molecule has 0 aliphatic carbocycles. The second kappa shape index (κ2) is 7.82. The van der Waals surface area contributed by atoms with Crippen molar-refractivity contribution in [2.75, 3.05) is 29.1 Å². The van der Waals surface area contributed by atoms with Crippen molar-refractivity contribution in [1.82, 2.24) is 5.32 Å². The van der Waals surface area contributed by atoms with Gasteiger partial charge in [0.15, 0.2) is 0 Å². The molecule has 5 nitrogen and oxygen atoms in total. The fraction of sp³-hybridized carbons (Fsp3) is 0.385. The van der Waals surface area contributed by atoms with Crippen molar-refractivity contribution < 1.29 is 14.7 Å². The highest BCUT2D eigenvalue weighted by Gasteiger charge is 2.15. The first-order valence-corrected chi connectivity index (χ1v) is 8.91. The number of hydrogen-bond acceptors (Lipinski definition) is 4. The van der Waals surface area contributed by atoms with E-state index in [0.717, 1.165) is 17.3 Å². The van der Waals surface area contributed by atoms with E-state index in [1.807, 2.05) is 23.5 Å². The van der Waals surface area contributed by atoms with Crippen LogP contribution in [0.1, 0.15) is 10.4 Å². The zero-order valence-corrected chi connectivity index (χ0v) is 13.5. The molecule has 0 radical (unpaired) electrons. The van der Waals surface area contributed by atoms with E-state index in [2.05, 4.69) is 10.6 Å². The molecule has 0 spiro atoms. The summed E-state index contributed by atoms with van der Waals surface area (Å²) in [6, 6.07) is 3.87. The van der Waals surface area contributed by atoms with Crippen molar-refractivity contribution in [2.24, 2.45) is 0 Å². The third-order valence-corrected chi connectivity index (χ3v) is 5.84. The Morgan fingerprint density at radius 2 is 2.14 bits per heavy atom. The van der Waals surface area contributed by atoms with Gasteiger partial charge >= 0.3 is 12.0 Å². The van der Waals surface area contributed by atoms with Crippen LogP contribution in [-0.2, 0) is 0 Å². The van der Waals surface area contributed by atoms with Gasteiger partial charge in [-0.1, -0.05) is 11.6 Å². The molecule has 1 heterocycles. The monoisotopic (exact) mass is 346 g/mol. The summed E-state index contributed by atoms with van der Waals surface area (Å²) in [7, 11) is 0. The van der Waals surface area contributed by atoms with Gasteiger partial charge in [-0.2, -0.15) is 23.5 Å². The second-order valence-corrected chi connectivity index (χ2v) is 7.43. The van der Waals surface area contributed by atoms with Gasteiger partial charge in [0.05, 0.1) is 5.56 Å². The van der Waals surface area contributed by atoms with Gasteiger partial charge in [-0.15, -0.1) is 0 Å². The van der Waals surface area contributed by atoms with Crippen LogP contribution in [0.25, 0.3) is 0 Å². The van der Waals surface area contributed by atoms with E-state index in [-0.39, 0.29) is 16.6 Å². The summed E-state index contributed by atoms with van der Waals surface area (Å²) < 4.78 is 0. The number of aromatic carboxylic acids is 1. The van der Waals surface area contributed by atoms with Crippen LogP contribution >= 0.6 is 35.1 Å². The van der Waals surface area contributed by atoms with Crippen LogP contribution in [0.2, 0.25) is 5.02 Å². The van der Waals surface area contributed by atoms with E-state index in [4.69, 9.17) is 16.7 Å². The second-order valence-electron chi connectivity index (χ2n) is 4.44. The first-order valence-electron chi connectivity index (χ1n) is 6.32. The topological polar surface area (TPSA) is 78.4 Å². The third kappa shape index (κ3) is 5.33. The highest BCUT2D eigenvalue weighted by Crippen LogP contribution is 2.23. The van der Waals surface area contributed by atoms with Gasteiger partial charge < -0.3 is 15.7 Å². The smallest absolute Gasteiger partial charge is 0.335 e. The molecule has 2 amide bonds. The maximum Gasteiger partial charge on any atom is 0.335 e. The molecule has 8 heteroatoms. The van der Waals surface area contributed by atoms with Crippen LogP contribution < -0.4 is 10.6 Å². The number of anilines is 1. The number of hydrogen-bond donors (Lipinski definition) is 3. The van der Waals surface area contributed by atoms with Crippen molar-refractivity contribution in [3.05, 3.63) is 28.8 Å². The third-order valence-electron chi connectivity index (χ3n) is 2.78. The zero-order chi connectivity index (χ0) is 15.2. The Bertz CT molecular complexity index is 536. The maximum atomic E-state index is 11.8. The van der Waals surface area contributed by atoms with Crippen molar-refractivity contribution in [3.63, 3.8) is 0 Å². The predicted molar refractivity (Wildman–Crippen MR) is 89.0 cm³/mol. The number of carboxylic acid groups (broad SMARTS) is 1. The lowest BCUT2D eigenvalue weighted by atomic mass is 10.2. The van der Waals surface area contributed by atoms with Crippen LogP contribution in [-0.4, -0.2) is 46.2 Å². The highest BCUT2D eigenvalue weighted by atomic mass is 35.5. The molecule has 1 aliphatic heterocycles. The Labute approximate surface area is 136 Å². The first kappa shape index (κ1) is 16.3. The SMILES string of the molecule is O=C(NCC1CSCCS1)Nc1cc(Cl)cc(C(=O)O)c1. The molecule has 2 rings (SSSR count). The molecule has 1 aromatic rings. The lowest BCUT2D eigenvalue weighted by molar-refractivity contribution is 0.0697. The molecule has 0 aromatic heterocycles. The zero-order valence-electron chi connectivity index (χ0n) is 11.1. The van der Waals surface area contributed by atoms with Crippen LogP contribution in [0.3, 0.4) is 0 Å². The normalized spacial score (nSPS) is 18.0. The molecular formula is C13H15ClN2O3S2. The molecule has 21 heavy (non-hydrogen) atoms. The Morgan fingerprint density at radius 3 is 2.81 bits per heavy atom. The van der Waals surface area contributed by atoms with Gasteiger partial charge in [0, 0.05) is 39.8 Å². The van der Waals surface area contributed by atoms with Gasteiger partial charge in [0.25, 0.3) is 0 Å². The number of rotatable bonds is 4. The number of thioether (sulfide) groups is 2. The summed E-state index contributed by atoms with van der Waals surface area (Å²) >= 11 is 9.58. The first-order chi connectivity index (χ1) is 10.0. The van der Waals surface area contributed by atoms with E-state index in [9.17, 15) is 9.59 Å². The van der Waals surface area contributed by atoms with E-state index in [1.165, 1.54) is 18.2 Å². The molecular weight excluding hydrogens is 332 g/mol. The summed E-state index contributed by atoms with van der Waals surface area (Å²) in [6.45, 7) is 0.593. The summed E-state index contributed by atoms with van der Waals surface area (Å²) in [5, 5.41) is 15.0. The van der Waals surface area contributed by atoms with Crippen molar-refractivity contribution in [2.45, 2.75) is 5.25 Å². The average Bonchev–Trinajstić information content (AvgIpc) is 2.45. The van der Waals surface area contributed by atoms with Crippen molar-refractivity contribution in [3.8, 4) is 0 Å². The highest BCUT2D eigenvalue weighted by molar-refractivity contribution is 8.06. The lowest BCUT2D eigenvalue weighted by Gasteiger charge is -2.21. The number of carboxylic acids is 1. The standard InChI is InChI=1S/C13H15ClN2O3S2/c14-9-3-8(12(17)18)4-10(5-9)16-13(19)15-6-11-7-20-1-2-21-11/h3-5,11H,1-2,6-7H2,(H,17,18)(H2,15,16,19). The minimum absolute atomic E-state index is 0.0389. The predicted octanol–water partition coefficient (Wildman–Crippen LogP) is 3.01. The number of urea groups is 1. The van der Waals surface area contributed by atoms with E-state index in [1.54, 1.807) is 0 Å². The van der Waals surface area contributed by atoms with E-state index in [0.29, 0.717) is 17.5 Å². The van der Waals surface area contributed by atoms with Crippen molar-refractivity contribution in [1.29, 1.82) is 0 Å². The Morgan fingerprint density at radius 1 is 1.33 bits per heavy atom. The lowest BCUT2D eigenvalue weighted by Crippen LogP contribution is -2.36. The van der Waals surface area contributed by atoms with Gasteiger partial charge in [-0.25, -0.2) is 9.59 Å². The van der Waals surface area contributed by atoms with Gasteiger partial charge in [0.1, 0.15) is 0 Å². The Balaban J connectivity index is 1.88. The molecule has 1 aromatic carbocycles. The van der Waals surface area contributed by atoms with Crippen LogP contribution in [0.5, 0.6) is 0 Å². The Hall–Kier alpha value is -1.05. The number of benzene rings is 1. The number of carbonyl (C=O) groups excluding carboxylic acids is 1. The summed E-state index contributed by atoms with van der Waals surface area (Å²) in [6.07, 6.45) is 0. The quantitative estimate of drug-likeness (QED) is 0.781. The molecule has 0 bridgehead atoms. The Kier molecular flexibility index (Phi) is 6.08. The number of carbonyl (C=O) groups is 2. The molecule has 1 aliphatic rings. The summed E-state index contributed by atoms with van der Waals surface area (Å²) in [5.74, 6) is 2.21. The number of nitrogens with one attached hydrogen (secondary N) is 2. The molecule has 1 fully saturated rings. The fourth-order valence-corrected chi connectivity index (χ4v) is 4.67. The molecule has 1 unspecified atom stereocenters. The number of amides is 2. The molecule has 0 saturated carbocycles. The molecule has 1 atom stereocenters. The van der Waals surface area contributed by atoms with E-state index < -0.39 is 5.97 Å². The average molecular weight is 347 g/mol. The van der Waals surface area contributed by atoms with Gasteiger partial charge in [-0.3, -0.25) is 0 Å². The molecule has 3 N–H and O–H groups in total. The fourth-order valence-electron chi connectivity index (χ4n) is 1.82. The minimum Gasteiger partial charge on any atom is -0.478 e. The van der Waals surface area contributed by atoms with Crippen LogP contribution in [0.4, 0.5) is 10.5 Å². The largest absolute Gasteiger partial charge is 0.478 e. The minimum atomic E-state index is -1.09.